The Bertz CT molecular complexity index is 976. The molecule has 0 aromatic heterocycles. The highest BCUT2D eigenvalue weighted by Gasteiger charge is 2.47. The summed E-state index contributed by atoms with van der Waals surface area (Å²) in [6, 6.07) is 9.42. The maximum Gasteiger partial charge on any atom is 0.211 e. The molecule has 0 amide bonds. The van der Waals surface area contributed by atoms with Crippen LogP contribution in [-0.2, 0) is 9.53 Å². The van der Waals surface area contributed by atoms with Crippen LogP contribution in [0.5, 0.6) is 17.2 Å². The molecule has 1 fully saturated rings. The molecule has 0 saturated carbocycles. The third-order valence-corrected chi connectivity index (χ3v) is 5.64. The van der Waals surface area contributed by atoms with Gasteiger partial charge in [-0.3, -0.25) is 4.79 Å². The molecule has 10 nitrogen and oxygen atoms in total. The summed E-state index contributed by atoms with van der Waals surface area (Å²) in [6.07, 6.45) is -11.0. The van der Waals surface area contributed by atoms with Crippen LogP contribution in [0.25, 0.3) is 0 Å². The van der Waals surface area contributed by atoms with Crippen LogP contribution in [-0.4, -0.2) is 72.6 Å². The fraction of sp³-hybridized carbons (Fsp3) is 0.381. The number of phenols is 2. The molecule has 2 heterocycles. The molecule has 166 valence electrons. The Hall–Kier alpha value is -2.73. The van der Waals surface area contributed by atoms with Gasteiger partial charge in [0.15, 0.2) is 6.10 Å². The number of ether oxygens (including phenoxy) is 2. The third kappa shape index (κ3) is 3.43. The lowest BCUT2D eigenvalue weighted by molar-refractivity contribution is -0.232. The minimum absolute atomic E-state index is 0.149. The number of aromatic hydroxyl groups is 2. The molecule has 7 atom stereocenters. The molecule has 3 unspecified atom stereocenters. The average molecular weight is 434 g/mol. The van der Waals surface area contributed by atoms with E-state index < -0.39 is 72.2 Å². The van der Waals surface area contributed by atoms with Crippen molar-refractivity contribution in [1.29, 1.82) is 0 Å². The molecule has 0 spiro atoms. The first-order valence-corrected chi connectivity index (χ1v) is 9.58. The van der Waals surface area contributed by atoms with Crippen LogP contribution in [0.15, 0.2) is 36.4 Å². The van der Waals surface area contributed by atoms with E-state index in [4.69, 9.17) is 9.47 Å². The molecule has 31 heavy (non-hydrogen) atoms. The van der Waals surface area contributed by atoms with Gasteiger partial charge >= 0.3 is 0 Å². The summed E-state index contributed by atoms with van der Waals surface area (Å²) in [5, 5.41) is 71.6. The van der Waals surface area contributed by atoms with Crippen molar-refractivity contribution < 1.29 is 50.0 Å². The molecule has 4 rings (SSSR count). The van der Waals surface area contributed by atoms with E-state index in [2.05, 4.69) is 0 Å². The van der Waals surface area contributed by atoms with E-state index in [1.165, 1.54) is 0 Å². The van der Waals surface area contributed by atoms with Gasteiger partial charge in [0.05, 0.1) is 17.7 Å². The zero-order chi connectivity index (χ0) is 22.4. The van der Waals surface area contributed by atoms with Gasteiger partial charge in [-0.05, 0) is 5.56 Å². The molecule has 10 heteroatoms. The third-order valence-electron chi connectivity index (χ3n) is 5.64. The summed E-state index contributed by atoms with van der Waals surface area (Å²) < 4.78 is 11.0. The molecule has 2 aliphatic heterocycles. The molecule has 2 aliphatic rings. The van der Waals surface area contributed by atoms with Crippen molar-refractivity contribution in [3.8, 4) is 17.2 Å². The number of phenolic OH excluding ortho intramolecular Hbond substituents is 2. The van der Waals surface area contributed by atoms with Crippen molar-refractivity contribution in [3.05, 3.63) is 53.1 Å². The fourth-order valence-electron chi connectivity index (χ4n) is 3.98. The Morgan fingerprint density at radius 3 is 2.23 bits per heavy atom. The Labute approximate surface area is 176 Å². The maximum atomic E-state index is 12.7. The van der Waals surface area contributed by atoms with E-state index in [1.54, 1.807) is 30.3 Å². The van der Waals surface area contributed by atoms with Crippen LogP contribution in [0.1, 0.15) is 35.0 Å². The van der Waals surface area contributed by atoms with Crippen molar-refractivity contribution in [3.63, 3.8) is 0 Å². The van der Waals surface area contributed by atoms with Gasteiger partial charge in [-0.25, -0.2) is 0 Å². The Kier molecular flexibility index (Phi) is 5.60. The molecule has 0 aliphatic carbocycles. The van der Waals surface area contributed by atoms with Crippen LogP contribution in [0, 0.1) is 0 Å². The Morgan fingerprint density at radius 1 is 0.903 bits per heavy atom. The first-order chi connectivity index (χ1) is 14.8. The lowest BCUT2D eigenvalue weighted by Gasteiger charge is -2.41. The van der Waals surface area contributed by atoms with Gasteiger partial charge in [-0.2, -0.15) is 0 Å². The molecule has 7 N–H and O–H groups in total. The van der Waals surface area contributed by atoms with Crippen LogP contribution in [0.4, 0.5) is 0 Å². The van der Waals surface area contributed by atoms with Crippen LogP contribution < -0.4 is 4.74 Å². The number of ketones is 1. The van der Waals surface area contributed by atoms with Crippen LogP contribution in [0.2, 0.25) is 0 Å². The van der Waals surface area contributed by atoms with E-state index in [0.29, 0.717) is 5.56 Å². The van der Waals surface area contributed by atoms with Crippen molar-refractivity contribution in [2.75, 3.05) is 6.61 Å². The summed E-state index contributed by atoms with van der Waals surface area (Å²) in [5.74, 6) is -2.27. The zero-order valence-electron chi connectivity index (χ0n) is 16.1. The van der Waals surface area contributed by atoms with Gasteiger partial charge in [0.1, 0.15) is 53.9 Å². The van der Waals surface area contributed by atoms with Crippen molar-refractivity contribution in [2.45, 2.75) is 42.7 Å². The summed E-state index contributed by atoms with van der Waals surface area (Å²) in [4.78, 5) is 12.7. The summed E-state index contributed by atoms with van der Waals surface area (Å²) in [5.41, 5.74) is -0.291. The van der Waals surface area contributed by atoms with E-state index in [9.17, 15) is 40.5 Å². The van der Waals surface area contributed by atoms with E-state index >= 15 is 0 Å². The first-order valence-electron chi connectivity index (χ1n) is 9.58. The molecule has 0 radical (unpaired) electrons. The van der Waals surface area contributed by atoms with Crippen LogP contribution >= 0.6 is 0 Å². The molecule has 0 bridgehead atoms. The largest absolute Gasteiger partial charge is 0.507 e. The average Bonchev–Trinajstić information content (AvgIpc) is 2.76. The number of carbonyl (C=O) groups excluding carboxylic acids is 1. The molecular formula is C21H22O10. The van der Waals surface area contributed by atoms with Gasteiger partial charge < -0.3 is 45.2 Å². The monoisotopic (exact) mass is 434 g/mol. The van der Waals surface area contributed by atoms with E-state index in [0.717, 1.165) is 6.07 Å². The fourth-order valence-corrected chi connectivity index (χ4v) is 3.98. The highest BCUT2D eigenvalue weighted by Crippen LogP contribution is 2.51. The highest BCUT2D eigenvalue weighted by atomic mass is 16.5. The second kappa shape index (κ2) is 8.08. The number of hydrogen-bond donors (Lipinski definition) is 7. The number of rotatable bonds is 3. The van der Waals surface area contributed by atoms with Gasteiger partial charge in [0.25, 0.3) is 0 Å². The summed E-state index contributed by atoms with van der Waals surface area (Å²) in [7, 11) is 0. The zero-order valence-corrected chi connectivity index (χ0v) is 16.1. The quantitative estimate of drug-likeness (QED) is 0.328. The molecule has 2 aromatic rings. The molecule has 1 saturated heterocycles. The summed E-state index contributed by atoms with van der Waals surface area (Å²) >= 11 is 0. The predicted octanol–water partition coefficient (Wildman–Crippen LogP) is -0.651. The van der Waals surface area contributed by atoms with Crippen molar-refractivity contribution in [2.24, 2.45) is 0 Å². The number of aliphatic hydroxyl groups excluding tert-OH is 5. The predicted molar refractivity (Wildman–Crippen MR) is 102 cm³/mol. The van der Waals surface area contributed by atoms with Crippen molar-refractivity contribution >= 4 is 5.78 Å². The van der Waals surface area contributed by atoms with Gasteiger partial charge in [-0.1, -0.05) is 30.3 Å². The number of Topliss-reactive ketones (excluding diaryl/α,β-unsaturated/α-hetero) is 1. The first kappa shape index (κ1) is 21.5. The number of hydrogen-bond acceptors (Lipinski definition) is 10. The minimum atomic E-state index is -1.81. The number of fused-ring (bicyclic) bond motifs is 1. The second-order valence-corrected chi connectivity index (χ2v) is 7.53. The van der Waals surface area contributed by atoms with Gasteiger partial charge in [-0.15, -0.1) is 0 Å². The molecular weight excluding hydrogens is 412 g/mol. The Morgan fingerprint density at radius 2 is 1.58 bits per heavy atom. The summed E-state index contributed by atoms with van der Waals surface area (Å²) in [6.45, 7) is -0.711. The normalized spacial score (nSPS) is 32.9. The lowest BCUT2D eigenvalue weighted by atomic mass is 9.86. The van der Waals surface area contributed by atoms with E-state index in [-0.39, 0.29) is 11.3 Å². The van der Waals surface area contributed by atoms with E-state index in [1.807, 2.05) is 0 Å². The van der Waals surface area contributed by atoms with Gasteiger partial charge in [0.2, 0.25) is 5.78 Å². The number of benzene rings is 2. The topological polar surface area (TPSA) is 177 Å². The smallest absolute Gasteiger partial charge is 0.211 e. The highest BCUT2D eigenvalue weighted by molar-refractivity contribution is 5.92. The Balaban J connectivity index is 1.77. The van der Waals surface area contributed by atoms with Gasteiger partial charge in [0, 0.05) is 6.07 Å². The molecule has 2 aromatic carbocycles. The van der Waals surface area contributed by atoms with Crippen LogP contribution in [0.3, 0.4) is 0 Å². The maximum absolute atomic E-state index is 12.7. The standard InChI is InChI=1S/C21H22O10/c22-7-11-14(24)17(27)19(29)21(31-11)12-9(23)6-10-13(15(12)25)16(26)18(28)20(30-10)8-4-2-1-3-5-8/h1-6,11,14,16-17,19-27,29H,7H2/t11-,14-,16?,17+,19-,20?,21?/m1/s1. The SMILES string of the molecule is O=C1C(O)c2c(cc(O)c(C3O[C@H](CO)[C@@H](O)[C@H](O)[C@H]3O)c2O)OC1c1ccccc1. The number of carbonyl (C=O) groups is 1. The van der Waals surface area contributed by atoms with Crippen molar-refractivity contribution in [1.82, 2.24) is 0 Å². The minimum Gasteiger partial charge on any atom is -0.507 e. The second-order valence-electron chi connectivity index (χ2n) is 7.53. The number of aliphatic hydroxyl groups is 5. The lowest BCUT2D eigenvalue weighted by Crippen LogP contribution is -2.55.